The molecule has 4 aromatic rings. The number of benzene rings is 3. The number of aromatic amines is 1. The van der Waals surface area contributed by atoms with E-state index < -0.39 is 17.8 Å². The van der Waals surface area contributed by atoms with E-state index >= 15 is 0 Å². The first-order valence-electron chi connectivity index (χ1n) is 16.5. The third-order valence-corrected chi connectivity index (χ3v) is 12.9. The molecule has 13 heteroatoms. The Bertz CT molecular complexity index is 2060. The van der Waals surface area contributed by atoms with Gasteiger partial charge in [-0.05, 0) is 85.7 Å². The number of imide groups is 1. The number of aromatic nitrogens is 1. The van der Waals surface area contributed by atoms with E-state index in [-0.39, 0.29) is 64.7 Å². The van der Waals surface area contributed by atoms with E-state index in [4.69, 9.17) is 14.2 Å². The van der Waals surface area contributed by atoms with Crippen molar-refractivity contribution in [2.45, 2.75) is 29.5 Å². The second kappa shape index (κ2) is 12.8. The van der Waals surface area contributed by atoms with E-state index in [1.165, 1.54) is 4.90 Å². The minimum absolute atomic E-state index is 0.0154. The molecule has 1 aromatic heterocycles. The van der Waals surface area contributed by atoms with Gasteiger partial charge in [0.15, 0.2) is 6.61 Å². The van der Waals surface area contributed by atoms with Gasteiger partial charge < -0.3 is 24.5 Å². The van der Waals surface area contributed by atoms with Crippen LogP contribution in [0.4, 0.5) is 11.4 Å². The van der Waals surface area contributed by atoms with Gasteiger partial charge in [-0.15, -0.1) is 11.8 Å². The Kier molecular flexibility index (Phi) is 8.26. The lowest BCUT2D eigenvalue weighted by Crippen LogP contribution is -2.42. The number of anilines is 2. The van der Waals surface area contributed by atoms with Crippen LogP contribution in [0.25, 0.3) is 0 Å². The van der Waals surface area contributed by atoms with E-state index in [9.17, 15) is 24.0 Å². The fourth-order valence-corrected chi connectivity index (χ4v) is 11.3. The summed E-state index contributed by atoms with van der Waals surface area (Å²) in [5, 5.41) is 3.61. The quantitative estimate of drug-likeness (QED) is 0.174. The number of methoxy groups -OCH3 is 1. The van der Waals surface area contributed by atoms with Crippen LogP contribution in [0, 0.1) is 29.6 Å². The molecule has 11 nitrogen and oxygen atoms in total. The number of carbonyl (C=O) groups excluding carboxylic acids is 4. The number of hydrogen-bond donors (Lipinski definition) is 2. The predicted molar refractivity (Wildman–Crippen MR) is 187 cm³/mol. The van der Waals surface area contributed by atoms with Gasteiger partial charge in [0.1, 0.15) is 11.5 Å². The molecule has 3 amide bonds. The molecule has 7 atom stereocenters. The molecule has 3 fully saturated rings. The molecule has 2 aliphatic carbocycles. The maximum Gasteiger partial charge on any atom is 0.338 e. The van der Waals surface area contributed by atoms with Crippen molar-refractivity contribution in [3.8, 4) is 11.5 Å². The first-order chi connectivity index (χ1) is 24.3. The Morgan fingerprint density at radius 2 is 1.66 bits per heavy atom. The van der Waals surface area contributed by atoms with Crippen molar-refractivity contribution in [2.24, 2.45) is 29.6 Å². The fraction of sp³-hybridized carbons (Fsp3) is 0.324. The summed E-state index contributed by atoms with van der Waals surface area (Å²) in [7, 11) is 1.57. The molecular weight excluding hydrogens is 679 g/mol. The molecule has 256 valence electrons. The third kappa shape index (κ3) is 5.30. The smallest absolute Gasteiger partial charge is 0.338 e. The standard InChI is InChI=1S/C37H33N3O8S2/c1-3-47-36(44)18-8-12-20(13-9-18)40-34(42)29-23-16-24(30(29)35(40)43)31-28(23)27(32-33(49-31)39-37(45)50-32)22-6-4-5-7-25(22)48-17-26(41)38-19-10-14-21(46-2)15-11-19/h4-15,23-24,27-31H,3,16-17H2,1-2H3,(H,38,41)(H,39,45)/t23-,24-,27+,28-,29+,30+,31-/m1/s1. The van der Waals surface area contributed by atoms with Crippen molar-refractivity contribution in [3.05, 3.63) is 98.5 Å². The highest BCUT2D eigenvalue weighted by Crippen LogP contribution is 2.69. The lowest BCUT2D eigenvalue weighted by molar-refractivity contribution is -0.123. The summed E-state index contributed by atoms with van der Waals surface area (Å²) in [4.78, 5) is 71.1. The van der Waals surface area contributed by atoms with Gasteiger partial charge in [0.05, 0.1) is 41.8 Å². The lowest BCUT2D eigenvalue weighted by Gasteiger charge is -2.43. The van der Waals surface area contributed by atoms with Gasteiger partial charge in [0, 0.05) is 27.3 Å². The number of esters is 1. The van der Waals surface area contributed by atoms with Crippen LogP contribution in [-0.2, 0) is 19.1 Å². The summed E-state index contributed by atoms with van der Waals surface area (Å²) in [6.45, 7) is 1.74. The minimum Gasteiger partial charge on any atom is -0.497 e. The minimum atomic E-state index is -0.498. The summed E-state index contributed by atoms with van der Waals surface area (Å²) in [6, 6.07) is 20.9. The van der Waals surface area contributed by atoms with Gasteiger partial charge in [-0.1, -0.05) is 29.5 Å². The molecule has 0 spiro atoms. The van der Waals surface area contributed by atoms with Crippen molar-refractivity contribution in [1.29, 1.82) is 0 Å². The number of carbonyl (C=O) groups is 4. The van der Waals surface area contributed by atoms with Crippen LogP contribution in [0.1, 0.15) is 40.1 Å². The number of nitrogens with zero attached hydrogens (tertiary/aromatic N) is 1. The molecule has 2 aliphatic heterocycles. The zero-order valence-electron chi connectivity index (χ0n) is 27.1. The van der Waals surface area contributed by atoms with Crippen LogP contribution < -0.4 is 24.6 Å². The van der Waals surface area contributed by atoms with Crippen LogP contribution in [-0.4, -0.2) is 54.2 Å². The Balaban J connectivity index is 1.08. The van der Waals surface area contributed by atoms with Crippen molar-refractivity contribution in [3.63, 3.8) is 0 Å². The average molecular weight is 712 g/mol. The van der Waals surface area contributed by atoms with E-state index in [1.54, 1.807) is 74.3 Å². The zero-order valence-corrected chi connectivity index (χ0v) is 28.8. The first-order valence-corrected chi connectivity index (χ1v) is 18.2. The number of amides is 3. The topological polar surface area (TPSA) is 144 Å². The number of fused-ring (bicyclic) bond motifs is 9. The van der Waals surface area contributed by atoms with Crippen LogP contribution >= 0.6 is 23.1 Å². The van der Waals surface area contributed by atoms with E-state index in [1.807, 2.05) is 24.3 Å². The molecule has 0 unspecified atom stereocenters. The van der Waals surface area contributed by atoms with Crippen LogP contribution in [0.2, 0.25) is 0 Å². The van der Waals surface area contributed by atoms with Gasteiger partial charge in [0.25, 0.3) is 5.91 Å². The molecule has 1 saturated heterocycles. The fourth-order valence-electron chi connectivity index (χ4n) is 8.46. The van der Waals surface area contributed by atoms with E-state index in [0.29, 0.717) is 28.4 Å². The van der Waals surface area contributed by atoms with Gasteiger partial charge in [-0.25, -0.2) is 4.79 Å². The van der Waals surface area contributed by atoms with Crippen molar-refractivity contribution in [1.82, 2.24) is 4.98 Å². The molecule has 0 radical (unpaired) electrons. The highest BCUT2D eigenvalue weighted by Gasteiger charge is 2.69. The van der Waals surface area contributed by atoms with Crippen LogP contribution in [0.15, 0.2) is 82.6 Å². The number of H-pyrrole nitrogens is 1. The number of rotatable bonds is 9. The molecule has 2 saturated carbocycles. The average Bonchev–Trinajstić information content (AvgIpc) is 3.86. The summed E-state index contributed by atoms with van der Waals surface area (Å²) in [5.74, 6) is -1.51. The number of ether oxygens (including phenoxy) is 3. The zero-order chi connectivity index (χ0) is 34.7. The number of hydrogen-bond acceptors (Lipinski definition) is 10. The molecule has 8 rings (SSSR count). The van der Waals surface area contributed by atoms with E-state index in [2.05, 4.69) is 10.3 Å². The van der Waals surface area contributed by atoms with Gasteiger partial charge in [0.2, 0.25) is 11.8 Å². The highest BCUT2D eigenvalue weighted by atomic mass is 32.2. The van der Waals surface area contributed by atoms with Crippen molar-refractivity contribution < 1.29 is 33.4 Å². The summed E-state index contributed by atoms with van der Waals surface area (Å²) in [5.41, 5.74) is 2.23. The summed E-state index contributed by atoms with van der Waals surface area (Å²) < 4.78 is 16.4. The summed E-state index contributed by atoms with van der Waals surface area (Å²) in [6.07, 6.45) is 0.730. The number of para-hydroxylation sites is 1. The maximum absolute atomic E-state index is 14.2. The van der Waals surface area contributed by atoms with E-state index in [0.717, 1.165) is 33.2 Å². The molecule has 50 heavy (non-hydrogen) atoms. The molecule has 3 aromatic carbocycles. The first kappa shape index (κ1) is 32.3. The van der Waals surface area contributed by atoms with Crippen LogP contribution in [0.3, 0.4) is 0 Å². The van der Waals surface area contributed by atoms with Gasteiger partial charge in [-0.2, -0.15) is 0 Å². The molecule has 2 bridgehead atoms. The second-order valence-electron chi connectivity index (χ2n) is 12.8. The molecular formula is C37H33N3O8S2. The molecule has 4 aliphatic rings. The number of thiazole rings is 1. The Labute approximate surface area is 295 Å². The Morgan fingerprint density at radius 1 is 0.940 bits per heavy atom. The number of nitrogens with one attached hydrogen (secondary N) is 2. The maximum atomic E-state index is 14.2. The highest BCUT2D eigenvalue weighted by molar-refractivity contribution is 8.00. The van der Waals surface area contributed by atoms with Gasteiger partial charge >= 0.3 is 10.8 Å². The number of thioether (sulfide) groups is 1. The predicted octanol–water partition coefficient (Wildman–Crippen LogP) is 5.32. The largest absolute Gasteiger partial charge is 0.497 e. The summed E-state index contributed by atoms with van der Waals surface area (Å²) >= 11 is 2.77. The normalized spacial score (nSPS) is 25.9. The second-order valence-corrected chi connectivity index (χ2v) is 15.0. The SMILES string of the molecule is CCOC(=O)c1ccc(N2C(=O)[C@H]3[C@H]4C[C@@H]([C@@H]3C2=O)[C@@H]2[C@H](c3ccccc3OCC(=O)Nc3ccc(OC)cc3)c3sc(=O)[nH]c3S[C@H]42)cc1. The Hall–Kier alpha value is -4.88. The van der Waals surface area contributed by atoms with Crippen molar-refractivity contribution in [2.75, 3.05) is 30.5 Å². The van der Waals surface area contributed by atoms with Gasteiger partial charge in [-0.3, -0.25) is 24.1 Å². The van der Waals surface area contributed by atoms with Crippen LogP contribution in [0.5, 0.6) is 11.5 Å². The monoisotopic (exact) mass is 711 g/mol. The molecule has 3 heterocycles. The van der Waals surface area contributed by atoms with Crippen molar-refractivity contribution >= 4 is 58.2 Å². The molecule has 2 N–H and O–H groups in total. The Morgan fingerprint density at radius 3 is 2.38 bits per heavy atom. The lowest BCUT2D eigenvalue weighted by atomic mass is 9.68. The third-order valence-electron chi connectivity index (χ3n) is 10.3.